The average Bonchev–Trinajstić information content (AvgIpc) is 3.04. The Labute approximate surface area is 123 Å². The number of rotatable bonds is 2. The highest BCUT2D eigenvalue weighted by molar-refractivity contribution is 5.91. The normalized spacial score (nSPS) is 16.9. The fraction of sp³-hybridized carbons (Fsp3) is 0.222. The molecule has 0 bridgehead atoms. The van der Waals surface area contributed by atoms with Gasteiger partial charge < -0.3 is 15.0 Å². The molecule has 4 rings (SSSR count). The van der Waals surface area contributed by atoms with Crippen LogP contribution in [0, 0.1) is 6.92 Å². The van der Waals surface area contributed by atoms with Crippen molar-refractivity contribution in [3.05, 3.63) is 59.8 Å². The molecule has 2 N–H and O–H groups in total. The predicted molar refractivity (Wildman–Crippen MR) is 85.6 cm³/mol. The van der Waals surface area contributed by atoms with Gasteiger partial charge in [-0.3, -0.25) is 0 Å². The first-order chi connectivity index (χ1) is 10.2. The Hall–Kier alpha value is -2.42. The van der Waals surface area contributed by atoms with Crippen LogP contribution in [0.5, 0.6) is 5.75 Å². The molecule has 2 heterocycles. The molecule has 3 aromatic rings. The number of benzene rings is 2. The first-order valence-corrected chi connectivity index (χ1v) is 7.30. The zero-order valence-electron chi connectivity index (χ0n) is 12.0. The maximum atomic E-state index is 6.06. The number of fused-ring (bicyclic) bond motifs is 2. The summed E-state index contributed by atoms with van der Waals surface area (Å²) in [6, 6.07) is 14.5. The molecule has 0 amide bonds. The summed E-state index contributed by atoms with van der Waals surface area (Å²) in [7, 11) is 0. The number of hydrogen-bond acceptors (Lipinski definition) is 2. The molecule has 106 valence electrons. The molecular formula is C18H18N2O. The second-order valence-electron chi connectivity index (χ2n) is 5.80. The van der Waals surface area contributed by atoms with E-state index in [2.05, 4.69) is 48.0 Å². The van der Waals surface area contributed by atoms with E-state index in [1.807, 2.05) is 12.1 Å². The number of nitrogens with two attached hydrogens (primary N) is 1. The minimum absolute atomic E-state index is 0.193. The fourth-order valence-electron chi connectivity index (χ4n) is 3.18. The predicted octanol–water partition coefficient (Wildman–Crippen LogP) is 3.54. The molecule has 3 heteroatoms. The summed E-state index contributed by atoms with van der Waals surface area (Å²) in [6.07, 6.45) is 3.26. The highest BCUT2D eigenvalue weighted by Gasteiger charge is 2.23. The third kappa shape index (κ3) is 2.05. The van der Waals surface area contributed by atoms with Crippen LogP contribution in [0.25, 0.3) is 10.9 Å². The van der Waals surface area contributed by atoms with E-state index < -0.39 is 0 Å². The molecule has 0 spiro atoms. The lowest BCUT2D eigenvalue weighted by atomic mass is 10.1. The van der Waals surface area contributed by atoms with Gasteiger partial charge in [0.05, 0.1) is 12.1 Å². The van der Waals surface area contributed by atoms with E-state index in [1.54, 1.807) is 0 Å². The number of aryl methyl sites for hydroxylation is 1. The number of ether oxygens (including phenoxy) is 1. The largest absolute Gasteiger partial charge is 0.488 e. The molecule has 1 aromatic heterocycles. The summed E-state index contributed by atoms with van der Waals surface area (Å²) in [5.74, 6) is 1.03. The maximum absolute atomic E-state index is 6.06. The van der Waals surface area contributed by atoms with E-state index >= 15 is 0 Å². The molecule has 0 aliphatic carbocycles. The van der Waals surface area contributed by atoms with Crippen molar-refractivity contribution in [2.45, 2.75) is 26.0 Å². The Bertz CT molecular complexity index is 819. The lowest BCUT2D eigenvalue weighted by Crippen LogP contribution is -2.20. The van der Waals surface area contributed by atoms with Gasteiger partial charge in [-0.1, -0.05) is 23.8 Å². The summed E-state index contributed by atoms with van der Waals surface area (Å²) in [5, 5.41) is 1.11. The summed E-state index contributed by atoms with van der Waals surface area (Å²) in [6.45, 7) is 2.97. The zero-order valence-corrected chi connectivity index (χ0v) is 12.0. The standard InChI is InChI=1S/C18H18N2O/c1-12-5-6-18-13(9-12)10-14(21-18)11-20-8-7-15-16(19)3-2-4-17(15)20/h2-9,14H,10-11,19H2,1H3. The highest BCUT2D eigenvalue weighted by Crippen LogP contribution is 2.31. The Morgan fingerprint density at radius 1 is 1.24 bits per heavy atom. The molecule has 3 nitrogen and oxygen atoms in total. The molecular weight excluding hydrogens is 260 g/mol. The van der Waals surface area contributed by atoms with E-state index in [1.165, 1.54) is 16.6 Å². The maximum Gasteiger partial charge on any atom is 0.123 e. The molecule has 0 saturated heterocycles. The molecule has 21 heavy (non-hydrogen) atoms. The van der Waals surface area contributed by atoms with Crippen molar-refractivity contribution >= 4 is 16.6 Å². The summed E-state index contributed by atoms with van der Waals surface area (Å²) in [5.41, 5.74) is 10.6. The number of hydrogen-bond donors (Lipinski definition) is 1. The minimum Gasteiger partial charge on any atom is -0.488 e. The van der Waals surface area contributed by atoms with Gasteiger partial charge in [-0.2, -0.15) is 0 Å². The van der Waals surface area contributed by atoms with Crippen LogP contribution in [-0.2, 0) is 13.0 Å². The van der Waals surface area contributed by atoms with Crippen LogP contribution in [0.15, 0.2) is 48.7 Å². The topological polar surface area (TPSA) is 40.2 Å². The lowest BCUT2D eigenvalue weighted by molar-refractivity contribution is 0.211. The summed E-state index contributed by atoms with van der Waals surface area (Å²) < 4.78 is 8.29. The van der Waals surface area contributed by atoms with Crippen LogP contribution >= 0.6 is 0 Å². The van der Waals surface area contributed by atoms with Gasteiger partial charge in [0.1, 0.15) is 11.9 Å². The summed E-state index contributed by atoms with van der Waals surface area (Å²) >= 11 is 0. The number of aromatic nitrogens is 1. The van der Waals surface area contributed by atoms with Crippen LogP contribution in [0.3, 0.4) is 0 Å². The van der Waals surface area contributed by atoms with E-state index in [0.717, 1.165) is 29.8 Å². The van der Waals surface area contributed by atoms with Crippen LogP contribution in [0.2, 0.25) is 0 Å². The van der Waals surface area contributed by atoms with Crippen molar-refractivity contribution in [1.29, 1.82) is 0 Å². The van der Waals surface area contributed by atoms with Crippen molar-refractivity contribution in [2.24, 2.45) is 0 Å². The smallest absolute Gasteiger partial charge is 0.123 e. The minimum atomic E-state index is 0.193. The second kappa shape index (κ2) is 4.55. The molecule has 1 aliphatic rings. The van der Waals surface area contributed by atoms with Gasteiger partial charge in [0, 0.05) is 23.7 Å². The van der Waals surface area contributed by atoms with Gasteiger partial charge in [-0.05, 0) is 36.8 Å². The number of anilines is 1. The van der Waals surface area contributed by atoms with Crippen LogP contribution in [0.1, 0.15) is 11.1 Å². The first kappa shape index (κ1) is 12.3. The van der Waals surface area contributed by atoms with Gasteiger partial charge in [0.25, 0.3) is 0 Å². The average molecular weight is 278 g/mol. The summed E-state index contributed by atoms with van der Waals surface area (Å²) in [4.78, 5) is 0. The van der Waals surface area contributed by atoms with Crippen LogP contribution < -0.4 is 10.5 Å². The molecule has 0 radical (unpaired) electrons. The zero-order chi connectivity index (χ0) is 14.4. The van der Waals surface area contributed by atoms with Gasteiger partial charge in [0.2, 0.25) is 0 Å². The van der Waals surface area contributed by atoms with Crippen molar-refractivity contribution in [3.8, 4) is 5.75 Å². The van der Waals surface area contributed by atoms with Gasteiger partial charge >= 0.3 is 0 Å². The number of nitrogens with zero attached hydrogens (tertiary/aromatic N) is 1. The lowest BCUT2D eigenvalue weighted by Gasteiger charge is -2.13. The van der Waals surface area contributed by atoms with Gasteiger partial charge in [0.15, 0.2) is 0 Å². The molecule has 1 aliphatic heterocycles. The highest BCUT2D eigenvalue weighted by atomic mass is 16.5. The molecule has 0 saturated carbocycles. The van der Waals surface area contributed by atoms with E-state index in [9.17, 15) is 0 Å². The van der Waals surface area contributed by atoms with Crippen molar-refractivity contribution < 1.29 is 4.74 Å². The number of nitrogen functional groups attached to an aromatic ring is 1. The molecule has 1 unspecified atom stereocenters. The molecule has 0 fully saturated rings. The quantitative estimate of drug-likeness (QED) is 0.728. The first-order valence-electron chi connectivity index (χ1n) is 7.30. The van der Waals surface area contributed by atoms with E-state index in [0.29, 0.717) is 0 Å². The Morgan fingerprint density at radius 2 is 2.14 bits per heavy atom. The van der Waals surface area contributed by atoms with E-state index in [-0.39, 0.29) is 6.10 Å². The van der Waals surface area contributed by atoms with Crippen molar-refractivity contribution in [1.82, 2.24) is 4.57 Å². The van der Waals surface area contributed by atoms with E-state index in [4.69, 9.17) is 10.5 Å². The van der Waals surface area contributed by atoms with Crippen LogP contribution in [-0.4, -0.2) is 10.7 Å². The van der Waals surface area contributed by atoms with Crippen LogP contribution in [0.4, 0.5) is 5.69 Å². The Balaban J connectivity index is 1.61. The van der Waals surface area contributed by atoms with Crippen molar-refractivity contribution in [2.75, 3.05) is 5.73 Å². The fourth-order valence-corrected chi connectivity index (χ4v) is 3.18. The monoisotopic (exact) mass is 278 g/mol. The Morgan fingerprint density at radius 3 is 3.05 bits per heavy atom. The SMILES string of the molecule is Cc1ccc2c(c1)CC(Cn1ccc3c(N)cccc31)O2. The molecule has 1 atom stereocenters. The second-order valence-corrected chi connectivity index (χ2v) is 5.80. The van der Waals surface area contributed by atoms with Gasteiger partial charge in [-0.25, -0.2) is 0 Å². The van der Waals surface area contributed by atoms with Gasteiger partial charge in [-0.15, -0.1) is 0 Å². The van der Waals surface area contributed by atoms with Crippen molar-refractivity contribution in [3.63, 3.8) is 0 Å². The third-order valence-corrected chi connectivity index (χ3v) is 4.20. The third-order valence-electron chi connectivity index (χ3n) is 4.20. The Kier molecular flexibility index (Phi) is 2.67. The molecule has 2 aromatic carbocycles.